The highest BCUT2D eigenvalue weighted by Crippen LogP contribution is 2.41. The van der Waals surface area contributed by atoms with Crippen LogP contribution in [0.25, 0.3) is 0 Å². The van der Waals surface area contributed by atoms with E-state index in [9.17, 15) is 4.79 Å². The topological polar surface area (TPSA) is 79.8 Å². The Labute approximate surface area is 178 Å². The number of cyclic esters (lactones) is 1. The Hall–Kier alpha value is -1.35. The van der Waals surface area contributed by atoms with E-state index >= 15 is 0 Å². The lowest BCUT2D eigenvalue weighted by molar-refractivity contribution is -0.150. The average molecular weight is 434 g/mol. The molecule has 4 heterocycles. The van der Waals surface area contributed by atoms with Crippen LogP contribution >= 0.6 is 24.8 Å². The van der Waals surface area contributed by atoms with E-state index in [1.165, 1.54) is 0 Å². The maximum absolute atomic E-state index is 12.4. The molecule has 0 bridgehead atoms. The average Bonchev–Trinajstić information content (AvgIpc) is 2.97. The number of piperidine rings is 1. The van der Waals surface area contributed by atoms with Gasteiger partial charge in [0.1, 0.15) is 6.10 Å². The van der Waals surface area contributed by atoms with Gasteiger partial charge in [-0.05, 0) is 25.9 Å². The number of hydrogen-bond donors (Lipinski definition) is 1. The molecular formula is C18H29Cl2N5O3. The number of methoxy groups -OCH3 is 1. The van der Waals surface area contributed by atoms with Gasteiger partial charge in [0.25, 0.3) is 0 Å². The van der Waals surface area contributed by atoms with Crippen molar-refractivity contribution < 1.29 is 14.3 Å². The van der Waals surface area contributed by atoms with Gasteiger partial charge in [-0.2, -0.15) is 4.98 Å². The molecule has 0 aromatic carbocycles. The molecule has 1 atom stereocenters. The first-order valence-corrected chi connectivity index (χ1v) is 9.45. The number of nitrogens with one attached hydrogen (secondary N) is 1. The highest BCUT2D eigenvalue weighted by Gasteiger charge is 2.49. The van der Waals surface area contributed by atoms with Crippen LogP contribution in [0, 0.1) is 5.41 Å². The minimum Gasteiger partial charge on any atom is -0.481 e. The van der Waals surface area contributed by atoms with Crippen molar-refractivity contribution in [2.75, 3.05) is 57.8 Å². The van der Waals surface area contributed by atoms with Gasteiger partial charge in [-0.1, -0.05) is 0 Å². The van der Waals surface area contributed by atoms with Crippen molar-refractivity contribution >= 4 is 36.7 Å². The van der Waals surface area contributed by atoms with Crippen LogP contribution in [0.4, 0.5) is 5.95 Å². The van der Waals surface area contributed by atoms with Crippen LogP contribution in [0.15, 0.2) is 12.3 Å². The molecule has 1 aromatic rings. The van der Waals surface area contributed by atoms with Crippen LogP contribution in [-0.2, 0) is 9.53 Å². The van der Waals surface area contributed by atoms with Gasteiger partial charge in [0, 0.05) is 51.4 Å². The second-order valence-corrected chi connectivity index (χ2v) is 7.45. The summed E-state index contributed by atoms with van der Waals surface area (Å²) in [5.41, 5.74) is -0.230. The van der Waals surface area contributed by atoms with Gasteiger partial charge < -0.3 is 19.7 Å². The van der Waals surface area contributed by atoms with Crippen molar-refractivity contribution in [3.63, 3.8) is 0 Å². The van der Waals surface area contributed by atoms with Crippen molar-refractivity contribution in [3.8, 4) is 5.88 Å². The number of hydrogen-bond acceptors (Lipinski definition) is 8. The van der Waals surface area contributed by atoms with Crippen LogP contribution in [0.5, 0.6) is 5.88 Å². The third-order valence-electron chi connectivity index (χ3n) is 5.83. The van der Waals surface area contributed by atoms with E-state index in [4.69, 9.17) is 9.47 Å². The fourth-order valence-electron chi connectivity index (χ4n) is 4.27. The summed E-state index contributed by atoms with van der Waals surface area (Å²) in [4.78, 5) is 25.7. The largest absolute Gasteiger partial charge is 0.481 e. The monoisotopic (exact) mass is 433 g/mol. The van der Waals surface area contributed by atoms with Gasteiger partial charge in [0.05, 0.1) is 12.5 Å². The number of halogens is 2. The van der Waals surface area contributed by atoms with E-state index < -0.39 is 0 Å². The first-order valence-electron chi connectivity index (χ1n) is 9.45. The lowest BCUT2D eigenvalue weighted by Gasteiger charge is -2.35. The Morgan fingerprint density at radius 1 is 1.25 bits per heavy atom. The molecule has 3 aliphatic heterocycles. The molecule has 4 rings (SSSR count). The Bertz CT molecular complexity index is 652. The second kappa shape index (κ2) is 9.91. The lowest BCUT2D eigenvalue weighted by Crippen LogP contribution is -2.49. The van der Waals surface area contributed by atoms with Crippen molar-refractivity contribution in [3.05, 3.63) is 12.3 Å². The Balaban J connectivity index is 0.00000140. The third-order valence-corrected chi connectivity index (χ3v) is 5.83. The molecule has 10 heteroatoms. The van der Waals surface area contributed by atoms with Crippen LogP contribution in [0.1, 0.15) is 19.3 Å². The molecular weight excluding hydrogens is 405 g/mol. The SMILES string of the molecule is COc1ccnc(N2CCN(CC3CC4(CCNCC4)C(=O)O3)CC2)n1.Cl.Cl. The summed E-state index contributed by atoms with van der Waals surface area (Å²) in [5, 5.41) is 3.34. The van der Waals surface area contributed by atoms with E-state index in [2.05, 4.69) is 25.1 Å². The Kier molecular flexibility index (Phi) is 8.12. The van der Waals surface area contributed by atoms with Crippen molar-refractivity contribution in [1.82, 2.24) is 20.2 Å². The zero-order chi connectivity index (χ0) is 18.0. The summed E-state index contributed by atoms with van der Waals surface area (Å²) in [5.74, 6) is 1.32. The van der Waals surface area contributed by atoms with Gasteiger partial charge in [0.15, 0.2) is 0 Å². The predicted octanol–water partition coefficient (Wildman–Crippen LogP) is 1.14. The molecule has 0 amide bonds. The zero-order valence-corrected chi connectivity index (χ0v) is 17.8. The molecule has 1 unspecified atom stereocenters. The molecule has 0 aliphatic carbocycles. The third kappa shape index (κ3) is 4.79. The quantitative estimate of drug-likeness (QED) is 0.707. The molecule has 1 spiro atoms. The number of carbonyl (C=O) groups is 1. The van der Waals surface area contributed by atoms with E-state index in [1.54, 1.807) is 19.4 Å². The standard InChI is InChI=1S/C18H27N5O3.2ClH/c1-25-15-2-5-20-17(21-15)23-10-8-22(9-11-23)13-14-12-18(16(24)26-14)3-6-19-7-4-18;;/h2,5,14,19H,3-4,6-13H2,1H3;2*1H. The molecule has 28 heavy (non-hydrogen) atoms. The molecule has 158 valence electrons. The number of piperazine rings is 1. The number of esters is 1. The molecule has 0 radical (unpaired) electrons. The zero-order valence-electron chi connectivity index (χ0n) is 16.1. The van der Waals surface area contributed by atoms with Gasteiger partial charge in [-0.25, -0.2) is 4.98 Å². The van der Waals surface area contributed by atoms with Crippen LogP contribution in [-0.4, -0.2) is 79.9 Å². The van der Waals surface area contributed by atoms with Crippen molar-refractivity contribution in [1.29, 1.82) is 0 Å². The molecule has 8 nitrogen and oxygen atoms in total. The fraction of sp³-hybridized carbons (Fsp3) is 0.722. The van der Waals surface area contributed by atoms with E-state index in [0.717, 1.165) is 65.1 Å². The summed E-state index contributed by atoms with van der Waals surface area (Å²) >= 11 is 0. The summed E-state index contributed by atoms with van der Waals surface area (Å²) in [6.45, 7) is 6.23. The van der Waals surface area contributed by atoms with Crippen molar-refractivity contribution in [2.45, 2.75) is 25.4 Å². The smallest absolute Gasteiger partial charge is 0.312 e. The fourth-order valence-corrected chi connectivity index (χ4v) is 4.27. The second-order valence-electron chi connectivity index (χ2n) is 7.45. The minimum atomic E-state index is -0.230. The number of aromatic nitrogens is 2. The Morgan fingerprint density at radius 3 is 2.64 bits per heavy atom. The van der Waals surface area contributed by atoms with Crippen LogP contribution in [0.3, 0.4) is 0 Å². The van der Waals surface area contributed by atoms with Crippen LogP contribution in [0.2, 0.25) is 0 Å². The van der Waals surface area contributed by atoms with Crippen LogP contribution < -0.4 is 15.0 Å². The highest BCUT2D eigenvalue weighted by molar-refractivity contribution is 5.85. The lowest BCUT2D eigenvalue weighted by atomic mass is 9.76. The summed E-state index contributed by atoms with van der Waals surface area (Å²) < 4.78 is 10.9. The molecule has 1 N–H and O–H groups in total. The van der Waals surface area contributed by atoms with Gasteiger partial charge in [0.2, 0.25) is 11.8 Å². The number of rotatable bonds is 4. The number of nitrogens with zero attached hydrogens (tertiary/aromatic N) is 4. The summed E-state index contributed by atoms with van der Waals surface area (Å²) in [6.07, 6.45) is 4.43. The maximum atomic E-state index is 12.4. The highest BCUT2D eigenvalue weighted by atomic mass is 35.5. The molecule has 1 aromatic heterocycles. The normalized spacial score (nSPS) is 24.2. The van der Waals surface area contributed by atoms with Gasteiger partial charge in [-0.15, -0.1) is 24.8 Å². The summed E-state index contributed by atoms with van der Waals surface area (Å²) in [6, 6.07) is 1.75. The summed E-state index contributed by atoms with van der Waals surface area (Å²) in [7, 11) is 1.61. The molecule has 0 saturated carbocycles. The number of ether oxygens (including phenoxy) is 2. The van der Waals surface area contributed by atoms with Crippen molar-refractivity contribution in [2.24, 2.45) is 5.41 Å². The first-order chi connectivity index (χ1) is 12.7. The predicted molar refractivity (Wildman–Crippen MR) is 111 cm³/mol. The van der Waals surface area contributed by atoms with E-state index in [0.29, 0.717) is 11.8 Å². The van der Waals surface area contributed by atoms with Gasteiger partial charge in [-0.3, -0.25) is 9.69 Å². The first kappa shape index (κ1) is 22.9. The number of carbonyl (C=O) groups excluding carboxylic acids is 1. The van der Waals surface area contributed by atoms with E-state index in [-0.39, 0.29) is 42.3 Å². The maximum Gasteiger partial charge on any atom is 0.312 e. The van der Waals surface area contributed by atoms with E-state index in [1.807, 2.05) is 0 Å². The minimum absolute atomic E-state index is 0. The number of anilines is 1. The molecule has 3 saturated heterocycles. The Morgan fingerprint density at radius 2 is 1.96 bits per heavy atom. The molecule has 3 aliphatic rings. The molecule has 3 fully saturated rings. The van der Waals surface area contributed by atoms with Gasteiger partial charge >= 0.3 is 5.97 Å².